The van der Waals surface area contributed by atoms with Gasteiger partial charge in [0.1, 0.15) is 18.2 Å². The molecule has 0 aliphatic heterocycles. The Hall–Kier alpha value is -3.06. The monoisotopic (exact) mass is 543 g/mol. The molecule has 38 heavy (non-hydrogen) atoms. The minimum atomic E-state index is -0.944. The van der Waals surface area contributed by atoms with Gasteiger partial charge in [0.25, 0.3) is 5.91 Å². The second kappa shape index (κ2) is 13.7. The van der Waals surface area contributed by atoms with Crippen molar-refractivity contribution >= 4 is 35.2 Å². The maximum absolute atomic E-state index is 14.0. The number of nitrogens with zero attached hydrogens (tertiary/aromatic N) is 1. The van der Waals surface area contributed by atoms with E-state index in [4.69, 9.17) is 16.3 Å². The van der Waals surface area contributed by atoms with Gasteiger partial charge in [-0.3, -0.25) is 9.59 Å². The quantitative estimate of drug-likeness (QED) is 0.344. The van der Waals surface area contributed by atoms with Gasteiger partial charge in [-0.25, -0.2) is 4.79 Å². The first-order valence-electron chi connectivity index (χ1n) is 13.1. The van der Waals surface area contributed by atoms with Gasteiger partial charge in [0, 0.05) is 6.04 Å². The summed E-state index contributed by atoms with van der Waals surface area (Å²) in [6.45, 7) is 14.9. The van der Waals surface area contributed by atoms with Crippen LogP contribution in [-0.2, 0) is 14.3 Å². The topological polar surface area (TPSA) is 87.7 Å². The molecule has 0 spiro atoms. The van der Waals surface area contributed by atoms with Crippen LogP contribution in [0.15, 0.2) is 42.5 Å². The smallest absolute Gasteiger partial charge is 0.408 e. The molecular formula is C30H42ClN3O4. The lowest BCUT2D eigenvalue weighted by Gasteiger charge is -2.37. The van der Waals surface area contributed by atoms with Crippen molar-refractivity contribution in [2.45, 2.75) is 85.9 Å². The van der Waals surface area contributed by atoms with Crippen LogP contribution in [0.1, 0.15) is 77.1 Å². The number of carbonyl (C=O) groups is 3. The Morgan fingerprint density at radius 2 is 1.66 bits per heavy atom. The minimum Gasteiger partial charge on any atom is -0.444 e. The molecule has 0 aromatic heterocycles. The maximum atomic E-state index is 14.0. The van der Waals surface area contributed by atoms with E-state index in [1.807, 2.05) is 57.2 Å². The highest BCUT2D eigenvalue weighted by molar-refractivity contribution is 6.34. The summed E-state index contributed by atoms with van der Waals surface area (Å²) < 4.78 is 5.31. The molecule has 0 heterocycles. The molecule has 0 saturated carbocycles. The average Bonchev–Trinajstić information content (AvgIpc) is 2.80. The highest BCUT2D eigenvalue weighted by Crippen LogP contribution is 2.31. The number of para-hydroxylation sites is 1. The molecular weight excluding hydrogens is 502 g/mol. The Morgan fingerprint density at radius 3 is 2.24 bits per heavy atom. The Balaban J connectivity index is 2.50. The molecule has 2 aromatic rings. The Labute approximate surface area is 232 Å². The second-order valence-electron chi connectivity index (χ2n) is 11.2. The van der Waals surface area contributed by atoms with E-state index in [1.54, 1.807) is 31.7 Å². The minimum absolute atomic E-state index is 0.283. The van der Waals surface area contributed by atoms with Gasteiger partial charge in [-0.1, -0.05) is 67.4 Å². The van der Waals surface area contributed by atoms with E-state index in [9.17, 15) is 14.4 Å². The number of anilines is 1. The van der Waals surface area contributed by atoms with Crippen molar-refractivity contribution in [3.05, 3.63) is 64.2 Å². The first-order chi connectivity index (χ1) is 17.7. The third kappa shape index (κ3) is 9.35. The highest BCUT2D eigenvalue weighted by atomic mass is 35.5. The van der Waals surface area contributed by atoms with Crippen LogP contribution in [0.5, 0.6) is 0 Å². The number of benzene rings is 2. The first-order valence-corrected chi connectivity index (χ1v) is 13.5. The van der Waals surface area contributed by atoms with Crippen LogP contribution in [0, 0.1) is 19.8 Å². The molecule has 2 aromatic carbocycles. The molecule has 0 bridgehead atoms. The summed E-state index contributed by atoms with van der Waals surface area (Å²) in [5.74, 6) is -0.343. The first kappa shape index (κ1) is 31.2. The average molecular weight is 544 g/mol. The summed E-state index contributed by atoms with van der Waals surface area (Å²) in [5, 5.41) is 5.94. The highest BCUT2D eigenvalue weighted by Gasteiger charge is 2.35. The fourth-order valence-corrected chi connectivity index (χ4v) is 4.44. The van der Waals surface area contributed by atoms with Crippen molar-refractivity contribution in [3.8, 4) is 0 Å². The van der Waals surface area contributed by atoms with E-state index in [0.717, 1.165) is 17.5 Å². The lowest BCUT2D eigenvalue weighted by molar-refractivity contribution is -0.140. The summed E-state index contributed by atoms with van der Waals surface area (Å²) in [6, 6.07) is 11.7. The summed E-state index contributed by atoms with van der Waals surface area (Å²) in [4.78, 5) is 41.6. The summed E-state index contributed by atoms with van der Waals surface area (Å²) in [7, 11) is 0. The van der Waals surface area contributed by atoms with Crippen LogP contribution in [0.4, 0.5) is 10.5 Å². The van der Waals surface area contributed by atoms with Gasteiger partial charge in [0.05, 0.1) is 10.7 Å². The number of amides is 3. The Morgan fingerprint density at radius 1 is 1.00 bits per heavy atom. The number of carbonyl (C=O) groups excluding carboxylic acids is 3. The standard InChI is InChI=1S/C30H42ClN3O4/c1-19(2)15-16-22(5)34(25(35)18-32-29(37)38-30(6,7)8)27(23-13-9-11-20(3)17-23)28(36)33-26-21(4)12-10-14-24(26)31/h9-14,17,19,22,27H,15-16,18H2,1-8H3,(H,32,37)(H,33,36). The fourth-order valence-electron chi connectivity index (χ4n) is 4.17. The van der Waals surface area contributed by atoms with Crippen LogP contribution in [0.3, 0.4) is 0 Å². The molecule has 0 fully saturated rings. The molecule has 7 nitrogen and oxygen atoms in total. The molecule has 2 atom stereocenters. The van der Waals surface area contributed by atoms with Crippen molar-refractivity contribution < 1.29 is 19.1 Å². The molecule has 0 saturated heterocycles. The van der Waals surface area contributed by atoms with Crippen LogP contribution in [0.2, 0.25) is 5.02 Å². The third-order valence-corrected chi connectivity index (χ3v) is 6.38. The zero-order chi connectivity index (χ0) is 28.6. The zero-order valence-corrected chi connectivity index (χ0v) is 24.6. The van der Waals surface area contributed by atoms with Crippen LogP contribution in [0.25, 0.3) is 0 Å². The van der Waals surface area contributed by atoms with Gasteiger partial charge in [-0.15, -0.1) is 0 Å². The van der Waals surface area contributed by atoms with E-state index in [2.05, 4.69) is 24.5 Å². The maximum Gasteiger partial charge on any atom is 0.408 e. The largest absolute Gasteiger partial charge is 0.444 e. The number of hydrogen-bond donors (Lipinski definition) is 2. The zero-order valence-electron chi connectivity index (χ0n) is 23.9. The van der Waals surface area contributed by atoms with Gasteiger partial charge in [-0.2, -0.15) is 0 Å². The molecule has 2 N–H and O–H groups in total. The molecule has 3 amide bonds. The summed E-state index contributed by atoms with van der Waals surface area (Å²) >= 11 is 6.42. The van der Waals surface area contributed by atoms with Crippen molar-refractivity contribution in [3.63, 3.8) is 0 Å². The molecule has 0 aliphatic rings. The number of alkyl carbamates (subject to hydrolysis) is 1. The van der Waals surface area contributed by atoms with Crippen molar-refractivity contribution in [2.75, 3.05) is 11.9 Å². The van der Waals surface area contributed by atoms with E-state index in [-0.39, 0.29) is 24.4 Å². The van der Waals surface area contributed by atoms with Gasteiger partial charge in [-0.05, 0) is 77.5 Å². The fraction of sp³-hybridized carbons (Fsp3) is 0.500. The summed E-state index contributed by atoms with van der Waals surface area (Å²) in [6.07, 6.45) is 0.871. The van der Waals surface area contributed by atoms with Crippen molar-refractivity contribution in [1.82, 2.24) is 10.2 Å². The van der Waals surface area contributed by atoms with Crippen molar-refractivity contribution in [1.29, 1.82) is 0 Å². The van der Waals surface area contributed by atoms with E-state index >= 15 is 0 Å². The molecule has 8 heteroatoms. The number of nitrogens with one attached hydrogen (secondary N) is 2. The number of hydrogen-bond acceptors (Lipinski definition) is 4. The number of aryl methyl sites for hydroxylation is 2. The number of rotatable bonds is 10. The second-order valence-corrected chi connectivity index (χ2v) is 11.6. The molecule has 2 rings (SSSR count). The molecule has 0 aliphatic carbocycles. The Bertz CT molecular complexity index is 1110. The van der Waals surface area contributed by atoms with Crippen LogP contribution < -0.4 is 10.6 Å². The van der Waals surface area contributed by atoms with Crippen molar-refractivity contribution in [2.24, 2.45) is 5.92 Å². The van der Waals surface area contributed by atoms with E-state index in [0.29, 0.717) is 28.6 Å². The lowest BCUT2D eigenvalue weighted by atomic mass is 9.97. The van der Waals surface area contributed by atoms with Crippen LogP contribution in [-0.4, -0.2) is 41.0 Å². The van der Waals surface area contributed by atoms with Gasteiger partial charge in [0.15, 0.2) is 0 Å². The normalized spacial score (nSPS) is 13.0. The van der Waals surface area contributed by atoms with Gasteiger partial charge in [0.2, 0.25) is 5.91 Å². The molecule has 0 radical (unpaired) electrons. The number of halogens is 1. The van der Waals surface area contributed by atoms with Gasteiger partial charge < -0.3 is 20.3 Å². The predicted molar refractivity (Wildman–Crippen MR) is 153 cm³/mol. The third-order valence-electron chi connectivity index (χ3n) is 6.06. The molecule has 208 valence electrons. The summed E-state index contributed by atoms with van der Waals surface area (Å²) in [5.41, 5.74) is 2.25. The lowest BCUT2D eigenvalue weighted by Crippen LogP contribution is -2.50. The van der Waals surface area contributed by atoms with Gasteiger partial charge >= 0.3 is 6.09 Å². The Kier molecular flexibility index (Phi) is 11.2. The predicted octanol–water partition coefficient (Wildman–Crippen LogP) is 6.81. The number of ether oxygens (including phenoxy) is 1. The van der Waals surface area contributed by atoms with E-state index < -0.39 is 17.7 Å². The van der Waals surface area contributed by atoms with E-state index in [1.165, 1.54) is 0 Å². The molecule has 2 unspecified atom stereocenters. The van der Waals surface area contributed by atoms with Crippen LogP contribution >= 0.6 is 11.6 Å². The SMILES string of the molecule is Cc1cccc(C(C(=O)Nc2c(C)cccc2Cl)N(C(=O)CNC(=O)OC(C)(C)C)C(C)CCC(C)C)c1.